The van der Waals surface area contributed by atoms with E-state index in [-0.39, 0.29) is 0 Å². The highest BCUT2D eigenvalue weighted by Gasteiger charge is 2.25. The van der Waals surface area contributed by atoms with Crippen molar-refractivity contribution in [2.24, 2.45) is 11.8 Å². The summed E-state index contributed by atoms with van der Waals surface area (Å²) in [7, 11) is 0. The molecule has 0 amide bonds. The summed E-state index contributed by atoms with van der Waals surface area (Å²) in [5, 5.41) is 3.76. The molecule has 1 saturated heterocycles. The van der Waals surface area contributed by atoms with Crippen LogP contribution in [0.2, 0.25) is 0 Å². The lowest BCUT2D eigenvalue weighted by molar-refractivity contribution is 0.186. The molecule has 18 heavy (non-hydrogen) atoms. The number of nitrogens with one attached hydrogen (secondary N) is 1. The predicted octanol–water partition coefficient (Wildman–Crippen LogP) is 3.28. The van der Waals surface area contributed by atoms with Crippen LogP contribution in [-0.2, 0) is 0 Å². The summed E-state index contributed by atoms with van der Waals surface area (Å²) >= 11 is 0. The SMILES string of the molecule is CCC1CCN(CC2CCC(C)C2)CCC(C)N1. The van der Waals surface area contributed by atoms with Crippen molar-refractivity contribution < 1.29 is 0 Å². The van der Waals surface area contributed by atoms with Crippen molar-refractivity contribution in [2.45, 2.75) is 71.4 Å². The molecule has 0 aromatic carbocycles. The minimum absolute atomic E-state index is 0.695. The van der Waals surface area contributed by atoms with Gasteiger partial charge in [0.05, 0.1) is 0 Å². The Bertz CT molecular complexity index is 241. The number of hydrogen-bond acceptors (Lipinski definition) is 2. The van der Waals surface area contributed by atoms with Crippen LogP contribution in [0.4, 0.5) is 0 Å². The van der Waals surface area contributed by atoms with Gasteiger partial charge in [0.1, 0.15) is 0 Å². The van der Waals surface area contributed by atoms with Crippen molar-refractivity contribution in [3.05, 3.63) is 0 Å². The van der Waals surface area contributed by atoms with Gasteiger partial charge in [-0.1, -0.05) is 20.3 Å². The monoisotopic (exact) mass is 252 g/mol. The fourth-order valence-electron chi connectivity index (χ4n) is 3.76. The van der Waals surface area contributed by atoms with Crippen molar-refractivity contribution in [3.63, 3.8) is 0 Å². The molecule has 2 aliphatic rings. The first-order valence-electron chi connectivity index (χ1n) is 8.15. The van der Waals surface area contributed by atoms with Crippen LogP contribution in [0.25, 0.3) is 0 Å². The largest absolute Gasteiger partial charge is 0.311 e. The second-order valence-corrected chi connectivity index (χ2v) is 6.84. The van der Waals surface area contributed by atoms with Gasteiger partial charge in [0, 0.05) is 18.6 Å². The molecule has 1 heterocycles. The smallest absolute Gasteiger partial charge is 0.00790 e. The van der Waals surface area contributed by atoms with Crippen molar-refractivity contribution >= 4 is 0 Å². The van der Waals surface area contributed by atoms with Gasteiger partial charge < -0.3 is 10.2 Å². The Balaban J connectivity index is 1.80. The van der Waals surface area contributed by atoms with Crippen LogP contribution in [-0.4, -0.2) is 36.6 Å². The molecule has 0 bridgehead atoms. The normalized spacial score (nSPS) is 39.5. The van der Waals surface area contributed by atoms with E-state index in [4.69, 9.17) is 0 Å². The molecule has 106 valence electrons. The number of rotatable bonds is 3. The Hall–Kier alpha value is -0.0800. The Labute approximate surface area is 114 Å². The van der Waals surface area contributed by atoms with Gasteiger partial charge in [-0.2, -0.15) is 0 Å². The van der Waals surface area contributed by atoms with Crippen molar-refractivity contribution in [3.8, 4) is 0 Å². The summed E-state index contributed by atoms with van der Waals surface area (Å²) < 4.78 is 0. The van der Waals surface area contributed by atoms with E-state index in [2.05, 4.69) is 31.0 Å². The van der Waals surface area contributed by atoms with Crippen LogP contribution in [0, 0.1) is 11.8 Å². The lowest BCUT2D eigenvalue weighted by Crippen LogP contribution is -2.44. The maximum atomic E-state index is 3.76. The standard InChI is InChI=1S/C16H32N2/c1-4-16-8-10-18(9-7-14(3)17-16)12-15-6-5-13(2)11-15/h13-17H,4-12H2,1-3H3. The van der Waals surface area contributed by atoms with Crippen LogP contribution in [0.5, 0.6) is 0 Å². The summed E-state index contributed by atoms with van der Waals surface area (Å²) in [6.45, 7) is 11.1. The molecular formula is C16H32N2. The summed E-state index contributed by atoms with van der Waals surface area (Å²) in [5.41, 5.74) is 0. The molecule has 2 nitrogen and oxygen atoms in total. The third kappa shape index (κ3) is 4.24. The average Bonchev–Trinajstić information content (AvgIpc) is 2.74. The van der Waals surface area contributed by atoms with Gasteiger partial charge in [-0.25, -0.2) is 0 Å². The van der Waals surface area contributed by atoms with E-state index in [0.29, 0.717) is 6.04 Å². The van der Waals surface area contributed by atoms with E-state index < -0.39 is 0 Å². The van der Waals surface area contributed by atoms with Gasteiger partial charge in [-0.05, 0) is 64.0 Å². The van der Waals surface area contributed by atoms with Gasteiger partial charge in [0.2, 0.25) is 0 Å². The van der Waals surface area contributed by atoms with Crippen LogP contribution in [0.1, 0.15) is 59.3 Å². The highest BCUT2D eigenvalue weighted by atomic mass is 15.1. The molecule has 1 saturated carbocycles. The van der Waals surface area contributed by atoms with E-state index in [1.165, 1.54) is 58.2 Å². The first kappa shape index (κ1) is 14.3. The first-order chi connectivity index (χ1) is 8.67. The number of nitrogens with zero attached hydrogens (tertiary/aromatic N) is 1. The first-order valence-corrected chi connectivity index (χ1v) is 8.15. The van der Waals surface area contributed by atoms with Crippen LogP contribution >= 0.6 is 0 Å². The average molecular weight is 252 g/mol. The minimum Gasteiger partial charge on any atom is -0.311 e. The quantitative estimate of drug-likeness (QED) is 0.829. The van der Waals surface area contributed by atoms with Crippen LogP contribution in [0.15, 0.2) is 0 Å². The van der Waals surface area contributed by atoms with E-state index in [0.717, 1.165) is 17.9 Å². The maximum absolute atomic E-state index is 3.76. The Kier molecular flexibility index (Phi) is 5.50. The molecule has 1 aliphatic heterocycles. The Morgan fingerprint density at radius 2 is 1.83 bits per heavy atom. The van der Waals surface area contributed by atoms with Gasteiger partial charge in [-0.3, -0.25) is 0 Å². The maximum Gasteiger partial charge on any atom is 0.00790 e. The molecule has 0 radical (unpaired) electrons. The van der Waals surface area contributed by atoms with Crippen molar-refractivity contribution in [1.82, 2.24) is 10.2 Å². The third-order valence-electron chi connectivity index (χ3n) is 5.00. The second kappa shape index (κ2) is 6.91. The van der Waals surface area contributed by atoms with Gasteiger partial charge >= 0.3 is 0 Å². The summed E-state index contributed by atoms with van der Waals surface area (Å²) in [6, 6.07) is 1.44. The Morgan fingerprint density at radius 3 is 2.50 bits per heavy atom. The molecular weight excluding hydrogens is 220 g/mol. The van der Waals surface area contributed by atoms with E-state index >= 15 is 0 Å². The fourth-order valence-corrected chi connectivity index (χ4v) is 3.76. The fraction of sp³-hybridized carbons (Fsp3) is 1.00. The zero-order valence-electron chi connectivity index (χ0n) is 12.6. The zero-order chi connectivity index (χ0) is 13.0. The van der Waals surface area contributed by atoms with Crippen LogP contribution in [0.3, 0.4) is 0 Å². The van der Waals surface area contributed by atoms with Crippen molar-refractivity contribution in [1.29, 1.82) is 0 Å². The highest BCUT2D eigenvalue weighted by molar-refractivity contribution is 4.80. The third-order valence-corrected chi connectivity index (χ3v) is 5.00. The highest BCUT2D eigenvalue weighted by Crippen LogP contribution is 2.31. The van der Waals surface area contributed by atoms with Gasteiger partial charge in [0.15, 0.2) is 0 Å². The lowest BCUT2D eigenvalue weighted by atomic mass is 10.0. The molecule has 4 unspecified atom stereocenters. The minimum atomic E-state index is 0.695. The topological polar surface area (TPSA) is 15.3 Å². The Morgan fingerprint density at radius 1 is 1.06 bits per heavy atom. The zero-order valence-corrected chi connectivity index (χ0v) is 12.6. The van der Waals surface area contributed by atoms with E-state index in [9.17, 15) is 0 Å². The molecule has 2 fully saturated rings. The lowest BCUT2D eigenvalue weighted by Gasteiger charge is -2.33. The summed E-state index contributed by atoms with van der Waals surface area (Å²) in [4.78, 5) is 2.75. The molecule has 1 aliphatic carbocycles. The summed E-state index contributed by atoms with van der Waals surface area (Å²) in [6.07, 6.45) is 8.35. The van der Waals surface area contributed by atoms with Crippen molar-refractivity contribution in [2.75, 3.05) is 19.6 Å². The molecule has 0 spiro atoms. The molecule has 1 N–H and O–H groups in total. The molecule has 2 heteroatoms. The van der Waals surface area contributed by atoms with Gasteiger partial charge in [-0.15, -0.1) is 0 Å². The molecule has 0 aromatic heterocycles. The number of hydrogen-bond donors (Lipinski definition) is 1. The second-order valence-electron chi connectivity index (χ2n) is 6.84. The molecule has 4 atom stereocenters. The predicted molar refractivity (Wildman–Crippen MR) is 78.9 cm³/mol. The van der Waals surface area contributed by atoms with Gasteiger partial charge in [0.25, 0.3) is 0 Å². The molecule has 2 rings (SSSR count). The van der Waals surface area contributed by atoms with E-state index in [1.807, 2.05) is 0 Å². The van der Waals surface area contributed by atoms with E-state index in [1.54, 1.807) is 0 Å². The summed E-state index contributed by atoms with van der Waals surface area (Å²) in [5.74, 6) is 1.97. The van der Waals surface area contributed by atoms with Crippen LogP contribution < -0.4 is 5.32 Å². The molecule has 0 aromatic rings.